The molecule has 1 aromatic rings. The molecule has 19 heavy (non-hydrogen) atoms. The number of rotatable bonds is 3. The lowest BCUT2D eigenvalue weighted by molar-refractivity contribution is 0.338. The van der Waals surface area contributed by atoms with Gasteiger partial charge in [0.15, 0.2) is 5.96 Å². The maximum absolute atomic E-state index is 13.4. The van der Waals surface area contributed by atoms with Crippen LogP contribution in [0.3, 0.4) is 0 Å². The minimum Gasteiger partial charge on any atom is -0.370 e. The van der Waals surface area contributed by atoms with Gasteiger partial charge in [-0.15, -0.1) is 24.0 Å². The average Bonchev–Trinajstić information content (AvgIpc) is 2.42. The second kappa shape index (κ2) is 8.35. The summed E-state index contributed by atoms with van der Waals surface area (Å²) in [6, 6.07) is 6.81. The summed E-state index contributed by atoms with van der Waals surface area (Å²) in [6.45, 7) is 2.54. The Morgan fingerprint density at radius 1 is 1.21 bits per heavy atom. The molecule has 0 unspecified atom stereocenters. The van der Waals surface area contributed by atoms with Crippen LogP contribution in [0, 0.1) is 5.82 Å². The largest absolute Gasteiger partial charge is 0.370 e. The molecule has 2 N–H and O–H groups in total. The molecule has 1 aromatic carbocycles. The van der Waals surface area contributed by atoms with Gasteiger partial charge in [-0.1, -0.05) is 18.2 Å². The van der Waals surface area contributed by atoms with Crippen molar-refractivity contribution in [3.63, 3.8) is 0 Å². The van der Waals surface area contributed by atoms with Crippen molar-refractivity contribution in [3.05, 3.63) is 35.6 Å². The summed E-state index contributed by atoms with van der Waals surface area (Å²) in [5.74, 6) is 0.440. The Balaban J connectivity index is 0.00000180. The smallest absolute Gasteiger partial charge is 0.191 e. The molecule has 1 heterocycles. The average molecular weight is 377 g/mol. The second-order valence-electron chi connectivity index (χ2n) is 4.63. The zero-order valence-electron chi connectivity index (χ0n) is 11.0. The normalized spacial score (nSPS) is 16.1. The number of likely N-dealkylation sites (tertiary alicyclic amines) is 1. The van der Waals surface area contributed by atoms with Crippen LogP contribution in [-0.4, -0.2) is 30.5 Å². The summed E-state index contributed by atoms with van der Waals surface area (Å²) in [4.78, 5) is 6.45. The highest BCUT2D eigenvalue weighted by Gasteiger charge is 2.11. The van der Waals surface area contributed by atoms with Gasteiger partial charge >= 0.3 is 0 Å². The van der Waals surface area contributed by atoms with E-state index in [1.807, 2.05) is 6.07 Å². The molecular formula is C14H21FIN3. The molecule has 106 valence electrons. The Bertz CT molecular complexity index is 417. The van der Waals surface area contributed by atoms with E-state index in [1.165, 1.54) is 25.3 Å². The number of nitrogens with zero attached hydrogens (tertiary/aromatic N) is 2. The molecular weight excluding hydrogens is 356 g/mol. The van der Waals surface area contributed by atoms with Crippen LogP contribution < -0.4 is 5.73 Å². The monoisotopic (exact) mass is 377 g/mol. The number of hydrogen-bond donors (Lipinski definition) is 1. The van der Waals surface area contributed by atoms with Crippen molar-refractivity contribution in [2.75, 3.05) is 19.6 Å². The molecule has 1 fully saturated rings. The lowest BCUT2D eigenvalue weighted by Crippen LogP contribution is -2.41. The van der Waals surface area contributed by atoms with E-state index in [9.17, 15) is 4.39 Å². The lowest BCUT2D eigenvalue weighted by Gasteiger charge is -2.27. The zero-order valence-corrected chi connectivity index (χ0v) is 13.3. The Kier molecular flexibility index (Phi) is 7.12. The van der Waals surface area contributed by atoms with E-state index in [-0.39, 0.29) is 29.8 Å². The quantitative estimate of drug-likeness (QED) is 0.500. The van der Waals surface area contributed by atoms with E-state index in [0.717, 1.165) is 13.1 Å². The van der Waals surface area contributed by atoms with Crippen LogP contribution in [0.15, 0.2) is 29.3 Å². The Hall–Kier alpha value is -0.850. The third-order valence-electron chi connectivity index (χ3n) is 3.29. The Morgan fingerprint density at radius 2 is 1.89 bits per heavy atom. The molecule has 1 saturated heterocycles. The molecule has 2 rings (SSSR count). The first-order valence-corrected chi connectivity index (χ1v) is 6.55. The highest BCUT2D eigenvalue weighted by Crippen LogP contribution is 2.09. The summed E-state index contributed by atoms with van der Waals surface area (Å²) in [6.07, 6.45) is 4.24. The van der Waals surface area contributed by atoms with Gasteiger partial charge in [-0.2, -0.15) is 0 Å². The van der Waals surface area contributed by atoms with Gasteiger partial charge < -0.3 is 10.6 Å². The van der Waals surface area contributed by atoms with Crippen molar-refractivity contribution in [3.8, 4) is 0 Å². The van der Waals surface area contributed by atoms with Crippen molar-refractivity contribution >= 4 is 29.9 Å². The standard InChI is InChI=1S/C14H20FN3.HI/c15-13-7-3-2-6-12(13)8-9-17-14(16)18-10-4-1-5-11-18;/h2-3,6-7H,1,4-5,8-11H2,(H2,16,17);1H. The maximum Gasteiger partial charge on any atom is 0.191 e. The van der Waals surface area contributed by atoms with Crippen LogP contribution in [0.25, 0.3) is 0 Å². The topological polar surface area (TPSA) is 41.6 Å². The van der Waals surface area contributed by atoms with E-state index in [0.29, 0.717) is 24.5 Å². The highest BCUT2D eigenvalue weighted by molar-refractivity contribution is 14.0. The minimum absolute atomic E-state index is 0. The fraction of sp³-hybridized carbons (Fsp3) is 0.500. The molecule has 0 aliphatic carbocycles. The molecule has 0 radical (unpaired) electrons. The fourth-order valence-electron chi connectivity index (χ4n) is 2.22. The van der Waals surface area contributed by atoms with Gasteiger partial charge in [-0.05, 0) is 37.3 Å². The minimum atomic E-state index is -0.163. The number of hydrogen-bond acceptors (Lipinski definition) is 1. The van der Waals surface area contributed by atoms with Crippen LogP contribution in [0.1, 0.15) is 24.8 Å². The molecule has 5 heteroatoms. The number of aliphatic imine (C=N–C) groups is 1. The molecule has 0 spiro atoms. The number of nitrogens with two attached hydrogens (primary N) is 1. The van der Waals surface area contributed by atoms with Gasteiger partial charge in [0.2, 0.25) is 0 Å². The molecule has 0 atom stereocenters. The van der Waals surface area contributed by atoms with Crippen molar-refractivity contribution in [1.82, 2.24) is 4.90 Å². The highest BCUT2D eigenvalue weighted by atomic mass is 127. The van der Waals surface area contributed by atoms with Crippen LogP contribution in [0.5, 0.6) is 0 Å². The predicted octanol–water partition coefficient (Wildman–Crippen LogP) is 2.79. The molecule has 0 bridgehead atoms. The first-order chi connectivity index (χ1) is 8.77. The second-order valence-corrected chi connectivity index (χ2v) is 4.63. The van der Waals surface area contributed by atoms with Gasteiger partial charge in [0, 0.05) is 19.6 Å². The number of benzene rings is 1. The third kappa shape index (κ3) is 4.97. The lowest BCUT2D eigenvalue weighted by atomic mass is 10.1. The summed E-state index contributed by atoms with van der Waals surface area (Å²) < 4.78 is 13.4. The fourth-order valence-corrected chi connectivity index (χ4v) is 2.22. The Labute approximate surface area is 131 Å². The Morgan fingerprint density at radius 3 is 2.58 bits per heavy atom. The predicted molar refractivity (Wildman–Crippen MR) is 87.4 cm³/mol. The van der Waals surface area contributed by atoms with E-state index in [4.69, 9.17) is 5.73 Å². The molecule has 3 nitrogen and oxygen atoms in total. The number of halogens is 2. The van der Waals surface area contributed by atoms with Gasteiger partial charge in [0.05, 0.1) is 0 Å². The van der Waals surface area contributed by atoms with Crippen LogP contribution in [-0.2, 0) is 6.42 Å². The van der Waals surface area contributed by atoms with E-state index < -0.39 is 0 Å². The van der Waals surface area contributed by atoms with Gasteiger partial charge in [0.25, 0.3) is 0 Å². The van der Waals surface area contributed by atoms with Crippen LogP contribution in [0.4, 0.5) is 4.39 Å². The summed E-state index contributed by atoms with van der Waals surface area (Å²) in [5, 5.41) is 0. The molecule has 0 saturated carbocycles. The summed E-state index contributed by atoms with van der Waals surface area (Å²) in [7, 11) is 0. The van der Waals surface area contributed by atoms with Gasteiger partial charge in [-0.25, -0.2) is 4.39 Å². The van der Waals surface area contributed by atoms with Crippen molar-refractivity contribution in [2.24, 2.45) is 10.7 Å². The van der Waals surface area contributed by atoms with Crippen molar-refractivity contribution in [2.45, 2.75) is 25.7 Å². The van der Waals surface area contributed by atoms with Gasteiger partial charge in [-0.3, -0.25) is 4.99 Å². The van der Waals surface area contributed by atoms with Crippen LogP contribution >= 0.6 is 24.0 Å². The summed E-state index contributed by atoms with van der Waals surface area (Å²) >= 11 is 0. The van der Waals surface area contributed by atoms with Crippen LogP contribution in [0.2, 0.25) is 0 Å². The number of piperidine rings is 1. The SMILES string of the molecule is I.NC(=NCCc1ccccc1F)N1CCCCC1. The zero-order chi connectivity index (χ0) is 12.8. The van der Waals surface area contributed by atoms with Gasteiger partial charge in [0.1, 0.15) is 5.82 Å². The van der Waals surface area contributed by atoms with E-state index in [2.05, 4.69) is 9.89 Å². The molecule has 1 aliphatic rings. The molecule has 0 aromatic heterocycles. The number of guanidine groups is 1. The van der Waals surface area contributed by atoms with Crippen molar-refractivity contribution < 1.29 is 4.39 Å². The maximum atomic E-state index is 13.4. The van der Waals surface area contributed by atoms with E-state index >= 15 is 0 Å². The molecule has 0 amide bonds. The van der Waals surface area contributed by atoms with E-state index in [1.54, 1.807) is 12.1 Å². The first kappa shape index (κ1) is 16.2. The summed E-state index contributed by atoms with van der Waals surface area (Å²) in [5.41, 5.74) is 6.63. The third-order valence-corrected chi connectivity index (χ3v) is 3.29. The first-order valence-electron chi connectivity index (χ1n) is 6.55. The van der Waals surface area contributed by atoms with Crippen molar-refractivity contribution in [1.29, 1.82) is 0 Å². The molecule has 1 aliphatic heterocycles.